The summed E-state index contributed by atoms with van der Waals surface area (Å²) >= 11 is 0. The van der Waals surface area contributed by atoms with Crippen LogP contribution in [0, 0.1) is 0 Å². The first kappa shape index (κ1) is 30.4. The van der Waals surface area contributed by atoms with Gasteiger partial charge in [-0.1, -0.05) is 176 Å². The standard InChI is InChI=1S/C50H35N/c1-3-14-36(15-4-1)38-26-28-39(29-27-38)46-22-11-12-25-50(46)51(44-20-13-19-41(34-44)37-16-5-2-6-17-37)43-32-30-40(31-33-43)49-35-42-18-7-8-21-45(42)47-23-9-10-24-48(47)49/h1-35H. The number of nitrogens with zero attached hydrogens (tertiary/aromatic N) is 1. The summed E-state index contributed by atoms with van der Waals surface area (Å²) in [5.41, 5.74) is 12.9. The van der Waals surface area contributed by atoms with E-state index in [1.54, 1.807) is 0 Å². The van der Waals surface area contributed by atoms with Crippen molar-refractivity contribution in [1.29, 1.82) is 0 Å². The highest BCUT2D eigenvalue weighted by Crippen LogP contribution is 2.43. The zero-order chi connectivity index (χ0) is 34.0. The lowest BCUT2D eigenvalue weighted by Crippen LogP contribution is -2.11. The van der Waals surface area contributed by atoms with Crippen molar-refractivity contribution < 1.29 is 0 Å². The van der Waals surface area contributed by atoms with Gasteiger partial charge in [0.1, 0.15) is 0 Å². The van der Waals surface area contributed by atoms with Crippen LogP contribution in [0.3, 0.4) is 0 Å². The Hall–Kier alpha value is -6.70. The Morgan fingerprint density at radius 3 is 1.51 bits per heavy atom. The third-order valence-corrected chi connectivity index (χ3v) is 9.86. The number of anilines is 3. The van der Waals surface area contributed by atoms with E-state index in [0.29, 0.717) is 0 Å². The van der Waals surface area contributed by atoms with Crippen molar-refractivity contribution in [3.8, 4) is 44.5 Å². The zero-order valence-corrected chi connectivity index (χ0v) is 28.2. The van der Waals surface area contributed by atoms with E-state index in [0.717, 1.165) is 17.1 Å². The summed E-state index contributed by atoms with van der Waals surface area (Å²) in [5.74, 6) is 0. The summed E-state index contributed by atoms with van der Waals surface area (Å²) in [4.78, 5) is 2.40. The van der Waals surface area contributed by atoms with Crippen LogP contribution in [0.25, 0.3) is 66.1 Å². The number of hydrogen-bond donors (Lipinski definition) is 0. The fraction of sp³-hybridized carbons (Fsp3) is 0. The zero-order valence-electron chi connectivity index (χ0n) is 28.2. The average molecular weight is 650 g/mol. The molecule has 0 saturated heterocycles. The van der Waals surface area contributed by atoms with Gasteiger partial charge in [-0.05, 0) is 96.9 Å². The summed E-state index contributed by atoms with van der Waals surface area (Å²) in [6.45, 7) is 0. The van der Waals surface area contributed by atoms with Gasteiger partial charge in [0.25, 0.3) is 0 Å². The normalized spacial score (nSPS) is 11.1. The van der Waals surface area contributed by atoms with Crippen molar-refractivity contribution >= 4 is 38.6 Å². The molecule has 0 aliphatic carbocycles. The van der Waals surface area contributed by atoms with Gasteiger partial charge in [0, 0.05) is 16.9 Å². The van der Waals surface area contributed by atoms with Crippen molar-refractivity contribution in [3.63, 3.8) is 0 Å². The van der Waals surface area contributed by atoms with Crippen LogP contribution in [0.5, 0.6) is 0 Å². The Kier molecular flexibility index (Phi) is 7.92. The summed E-state index contributed by atoms with van der Waals surface area (Å²) in [5, 5.41) is 5.08. The number of rotatable bonds is 7. The Morgan fingerprint density at radius 1 is 0.255 bits per heavy atom. The molecular weight excluding hydrogens is 615 g/mol. The van der Waals surface area contributed by atoms with Crippen LogP contribution in [0.2, 0.25) is 0 Å². The molecule has 1 heteroatoms. The molecule has 0 spiro atoms. The average Bonchev–Trinajstić information content (AvgIpc) is 3.22. The lowest BCUT2D eigenvalue weighted by molar-refractivity contribution is 1.28. The van der Waals surface area contributed by atoms with E-state index in [1.807, 2.05) is 0 Å². The molecule has 0 aromatic heterocycles. The summed E-state index contributed by atoms with van der Waals surface area (Å²) in [7, 11) is 0. The molecule has 240 valence electrons. The molecule has 0 unspecified atom stereocenters. The summed E-state index contributed by atoms with van der Waals surface area (Å²) in [6.07, 6.45) is 0. The Labute approximate surface area is 299 Å². The molecule has 9 aromatic rings. The van der Waals surface area contributed by atoms with E-state index >= 15 is 0 Å². The molecule has 51 heavy (non-hydrogen) atoms. The van der Waals surface area contributed by atoms with Crippen LogP contribution in [0.1, 0.15) is 0 Å². The van der Waals surface area contributed by atoms with Crippen molar-refractivity contribution in [2.45, 2.75) is 0 Å². The van der Waals surface area contributed by atoms with Crippen LogP contribution in [0.15, 0.2) is 212 Å². The number of para-hydroxylation sites is 1. The first-order chi connectivity index (χ1) is 25.3. The summed E-state index contributed by atoms with van der Waals surface area (Å²) in [6, 6.07) is 76.6. The molecule has 0 radical (unpaired) electrons. The van der Waals surface area contributed by atoms with Gasteiger partial charge in [0.05, 0.1) is 5.69 Å². The Morgan fingerprint density at radius 2 is 0.765 bits per heavy atom. The van der Waals surface area contributed by atoms with Gasteiger partial charge < -0.3 is 4.90 Å². The quantitative estimate of drug-likeness (QED) is 0.155. The Balaban J connectivity index is 1.18. The van der Waals surface area contributed by atoms with Crippen molar-refractivity contribution in [1.82, 2.24) is 0 Å². The molecule has 0 atom stereocenters. The maximum atomic E-state index is 2.40. The van der Waals surface area contributed by atoms with Gasteiger partial charge in [-0.25, -0.2) is 0 Å². The molecule has 0 aliphatic rings. The minimum absolute atomic E-state index is 1.10. The van der Waals surface area contributed by atoms with Gasteiger partial charge in [-0.2, -0.15) is 0 Å². The molecular formula is C50H35N. The second-order valence-corrected chi connectivity index (χ2v) is 13.0. The smallest absolute Gasteiger partial charge is 0.0540 e. The molecule has 0 bridgehead atoms. The molecule has 9 rings (SSSR count). The van der Waals surface area contributed by atoms with Gasteiger partial charge in [-0.15, -0.1) is 0 Å². The molecule has 1 nitrogen and oxygen atoms in total. The lowest BCUT2D eigenvalue weighted by atomic mass is 9.93. The number of benzene rings is 9. The topological polar surface area (TPSA) is 3.24 Å². The van der Waals surface area contributed by atoms with Crippen LogP contribution >= 0.6 is 0 Å². The van der Waals surface area contributed by atoms with Gasteiger partial charge in [0.15, 0.2) is 0 Å². The molecule has 0 aliphatic heterocycles. The van der Waals surface area contributed by atoms with Crippen molar-refractivity contribution in [2.24, 2.45) is 0 Å². The van der Waals surface area contributed by atoms with E-state index in [2.05, 4.69) is 217 Å². The highest BCUT2D eigenvalue weighted by atomic mass is 15.1. The van der Waals surface area contributed by atoms with E-state index in [4.69, 9.17) is 0 Å². The minimum atomic E-state index is 1.10. The van der Waals surface area contributed by atoms with Crippen molar-refractivity contribution in [3.05, 3.63) is 212 Å². The molecule has 9 aromatic carbocycles. The fourth-order valence-corrected chi connectivity index (χ4v) is 7.35. The van der Waals surface area contributed by atoms with E-state index in [-0.39, 0.29) is 0 Å². The van der Waals surface area contributed by atoms with Crippen LogP contribution in [-0.2, 0) is 0 Å². The third-order valence-electron chi connectivity index (χ3n) is 9.86. The highest BCUT2D eigenvalue weighted by Gasteiger charge is 2.18. The van der Waals surface area contributed by atoms with E-state index in [1.165, 1.54) is 66.1 Å². The van der Waals surface area contributed by atoms with Gasteiger partial charge in [0.2, 0.25) is 0 Å². The van der Waals surface area contributed by atoms with Gasteiger partial charge in [-0.3, -0.25) is 0 Å². The molecule has 0 fully saturated rings. The van der Waals surface area contributed by atoms with Gasteiger partial charge >= 0.3 is 0 Å². The fourth-order valence-electron chi connectivity index (χ4n) is 7.35. The SMILES string of the molecule is c1ccc(-c2ccc(-c3ccccc3N(c3ccc(-c4cc5ccccc5c5ccccc45)cc3)c3cccc(-c4ccccc4)c3)cc2)cc1. The lowest BCUT2D eigenvalue weighted by Gasteiger charge is -2.28. The second-order valence-electron chi connectivity index (χ2n) is 13.0. The third kappa shape index (κ3) is 5.86. The number of hydrogen-bond acceptors (Lipinski definition) is 1. The molecule has 0 N–H and O–H groups in total. The monoisotopic (exact) mass is 649 g/mol. The largest absolute Gasteiger partial charge is 0.310 e. The maximum absolute atomic E-state index is 2.40. The highest BCUT2D eigenvalue weighted by molar-refractivity contribution is 6.13. The van der Waals surface area contributed by atoms with Crippen LogP contribution in [0.4, 0.5) is 17.1 Å². The maximum Gasteiger partial charge on any atom is 0.0540 e. The number of fused-ring (bicyclic) bond motifs is 3. The first-order valence-electron chi connectivity index (χ1n) is 17.5. The minimum Gasteiger partial charge on any atom is -0.310 e. The van der Waals surface area contributed by atoms with E-state index in [9.17, 15) is 0 Å². The van der Waals surface area contributed by atoms with Crippen molar-refractivity contribution in [2.75, 3.05) is 4.90 Å². The van der Waals surface area contributed by atoms with E-state index < -0.39 is 0 Å². The summed E-state index contributed by atoms with van der Waals surface area (Å²) < 4.78 is 0. The predicted octanol–water partition coefficient (Wildman–Crippen LogP) is 14.1. The Bertz CT molecular complexity index is 2600. The van der Waals surface area contributed by atoms with Crippen LogP contribution < -0.4 is 4.90 Å². The second kappa shape index (κ2) is 13.3. The molecule has 0 heterocycles. The molecule has 0 saturated carbocycles. The molecule has 0 amide bonds. The first-order valence-corrected chi connectivity index (χ1v) is 17.5. The van der Waals surface area contributed by atoms with Crippen LogP contribution in [-0.4, -0.2) is 0 Å². The predicted molar refractivity (Wildman–Crippen MR) is 218 cm³/mol.